The summed E-state index contributed by atoms with van der Waals surface area (Å²) in [5.74, 6) is 0.0746. The van der Waals surface area contributed by atoms with Crippen molar-refractivity contribution in [2.75, 3.05) is 12.2 Å². The number of allylic oxidation sites excluding steroid dienone is 4. The molecule has 1 N–H and O–H groups in total. The third-order valence-electron chi connectivity index (χ3n) is 2.76. The number of hydroxylamine groups is 1. The van der Waals surface area contributed by atoms with Crippen LogP contribution in [0.3, 0.4) is 0 Å². The maximum atomic E-state index is 11.4. The van der Waals surface area contributed by atoms with Crippen LogP contribution in [0.5, 0.6) is 0 Å². The minimum Gasteiger partial charge on any atom is -0.493 e. The van der Waals surface area contributed by atoms with Crippen molar-refractivity contribution in [2.45, 2.75) is 6.92 Å². The van der Waals surface area contributed by atoms with Crippen LogP contribution < -0.4 is 5.06 Å². The normalized spacial score (nSPS) is 16.5. The quantitative estimate of drug-likeness (QED) is 0.846. The van der Waals surface area contributed by atoms with Crippen molar-refractivity contribution >= 4 is 11.5 Å². The van der Waals surface area contributed by atoms with E-state index in [9.17, 15) is 10.0 Å². The summed E-state index contributed by atoms with van der Waals surface area (Å²) in [7, 11) is 1.44. The molecule has 0 spiro atoms. The summed E-state index contributed by atoms with van der Waals surface area (Å²) in [4.78, 5) is 11.4. The van der Waals surface area contributed by atoms with Crippen molar-refractivity contribution < 1.29 is 14.7 Å². The molecule has 0 amide bonds. The van der Waals surface area contributed by atoms with E-state index in [-0.39, 0.29) is 11.5 Å². The average molecular weight is 257 g/mol. The van der Waals surface area contributed by atoms with Gasteiger partial charge in [-0.3, -0.25) is 10.0 Å². The predicted molar refractivity (Wildman–Crippen MR) is 72.8 cm³/mol. The van der Waals surface area contributed by atoms with Gasteiger partial charge in [0.05, 0.1) is 12.8 Å². The lowest BCUT2D eigenvalue weighted by Crippen LogP contribution is -2.11. The highest BCUT2D eigenvalue weighted by Gasteiger charge is 2.12. The Balaban J connectivity index is 2.21. The SMILES string of the molecule is COC1=CC(=CN(O)c2ccc(C)cc2)C=CC1=O. The second kappa shape index (κ2) is 5.54. The number of methoxy groups -OCH3 is 1. The highest BCUT2D eigenvalue weighted by molar-refractivity contribution is 6.04. The third kappa shape index (κ3) is 3.11. The number of hydrogen-bond acceptors (Lipinski definition) is 4. The summed E-state index contributed by atoms with van der Waals surface area (Å²) >= 11 is 0. The molecule has 0 unspecified atom stereocenters. The smallest absolute Gasteiger partial charge is 0.220 e. The largest absolute Gasteiger partial charge is 0.493 e. The maximum Gasteiger partial charge on any atom is 0.220 e. The molecule has 0 saturated heterocycles. The highest BCUT2D eigenvalue weighted by atomic mass is 16.5. The Labute approximate surface area is 111 Å². The molecule has 0 saturated carbocycles. The van der Waals surface area contributed by atoms with E-state index in [1.165, 1.54) is 19.4 Å². The van der Waals surface area contributed by atoms with Gasteiger partial charge >= 0.3 is 0 Å². The zero-order valence-corrected chi connectivity index (χ0v) is 10.8. The van der Waals surface area contributed by atoms with E-state index in [1.807, 2.05) is 31.2 Å². The molecule has 0 aliphatic heterocycles. The van der Waals surface area contributed by atoms with Crippen LogP contribution in [-0.2, 0) is 9.53 Å². The van der Waals surface area contributed by atoms with Gasteiger partial charge < -0.3 is 4.74 Å². The molecule has 0 atom stereocenters. The summed E-state index contributed by atoms with van der Waals surface area (Å²) in [5, 5.41) is 11.0. The molecule has 4 heteroatoms. The Kier molecular flexibility index (Phi) is 3.82. The molecule has 1 aromatic rings. The van der Waals surface area contributed by atoms with E-state index in [1.54, 1.807) is 12.2 Å². The molecule has 0 aromatic heterocycles. The Bertz CT molecular complexity index is 568. The van der Waals surface area contributed by atoms with Gasteiger partial charge in [0.25, 0.3) is 0 Å². The number of rotatable bonds is 3. The first-order valence-electron chi connectivity index (χ1n) is 5.85. The molecule has 0 fully saturated rings. The van der Waals surface area contributed by atoms with Crippen molar-refractivity contribution in [1.82, 2.24) is 0 Å². The lowest BCUT2D eigenvalue weighted by molar-refractivity contribution is -0.114. The number of ketones is 1. The second-order valence-electron chi connectivity index (χ2n) is 4.22. The predicted octanol–water partition coefficient (Wildman–Crippen LogP) is 2.74. The van der Waals surface area contributed by atoms with Gasteiger partial charge in [0, 0.05) is 6.20 Å². The van der Waals surface area contributed by atoms with E-state index in [0.29, 0.717) is 11.3 Å². The van der Waals surface area contributed by atoms with Gasteiger partial charge in [-0.2, -0.15) is 0 Å². The molecular formula is C15H15NO3. The number of benzene rings is 1. The first-order valence-corrected chi connectivity index (χ1v) is 5.85. The first kappa shape index (κ1) is 13.1. The van der Waals surface area contributed by atoms with Crippen molar-refractivity contribution in [3.05, 3.63) is 65.6 Å². The van der Waals surface area contributed by atoms with Crippen LogP contribution in [0, 0.1) is 6.92 Å². The molecule has 0 heterocycles. The van der Waals surface area contributed by atoms with Crippen LogP contribution in [0.4, 0.5) is 5.69 Å². The number of carbonyl (C=O) groups excluding carboxylic acids is 1. The van der Waals surface area contributed by atoms with Gasteiger partial charge in [-0.05, 0) is 42.9 Å². The Morgan fingerprint density at radius 3 is 2.53 bits per heavy atom. The summed E-state index contributed by atoms with van der Waals surface area (Å²) in [6.07, 6.45) is 6.14. The van der Waals surface area contributed by atoms with Gasteiger partial charge in [-0.25, -0.2) is 5.06 Å². The maximum absolute atomic E-state index is 11.4. The fourth-order valence-corrected chi connectivity index (χ4v) is 1.68. The van der Waals surface area contributed by atoms with Crippen molar-refractivity contribution in [3.8, 4) is 0 Å². The van der Waals surface area contributed by atoms with Crippen LogP contribution in [0.25, 0.3) is 0 Å². The third-order valence-corrected chi connectivity index (χ3v) is 2.76. The van der Waals surface area contributed by atoms with Crippen LogP contribution in [-0.4, -0.2) is 18.1 Å². The van der Waals surface area contributed by atoms with Crippen LogP contribution in [0.2, 0.25) is 0 Å². The van der Waals surface area contributed by atoms with E-state index >= 15 is 0 Å². The minimum atomic E-state index is -0.181. The Hall–Kier alpha value is -2.33. The molecule has 1 aromatic carbocycles. The molecule has 1 aliphatic rings. The Morgan fingerprint density at radius 2 is 1.89 bits per heavy atom. The zero-order chi connectivity index (χ0) is 13.8. The fraction of sp³-hybridized carbons (Fsp3) is 0.133. The number of aryl methyl sites for hydroxylation is 1. The van der Waals surface area contributed by atoms with E-state index in [4.69, 9.17) is 4.74 Å². The molecular weight excluding hydrogens is 242 g/mol. The van der Waals surface area contributed by atoms with Crippen LogP contribution in [0.1, 0.15) is 5.56 Å². The second-order valence-corrected chi connectivity index (χ2v) is 4.22. The molecule has 19 heavy (non-hydrogen) atoms. The summed E-state index contributed by atoms with van der Waals surface area (Å²) in [5.41, 5.74) is 2.45. The summed E-state index contributed by atoms with van der Waals surface area (Å²) in [6.45, 7) is 1.98. The molecule has 0 bridgehead atoms. The number of carbonyl (C=O) groups is 1. The van der Waals surface area contributed by atoms with Crippen LogP contribution in [0.15, 0.2) is 60.0 Å². The lowest BCUT2D eigenvalue weighted by atomic mass is 10.1. The van der Waals surface area contributed by atoms with Gasteiger partial charge in [0.1, 0.15) is 0 Å². The van der Waals surface area contributed by atoms with Crippen molar-refractivity contribution in [3.63, 3.8) is 0 Å². The van der Waals surface area contributed by atoms with E-state index < -0.39 is 0 Å². The number of anilines is 1. The minimum absolute atomic E-state index is 0.181. The van der Waals surface area contributed by atoms with Crippen molar-refractivity contribution in [2.24, 2.45) is 0 Å². The number of hydrogen-bond donors (Lipinski definition) is 1. The Morgan fingerprint density at radius 1 is 1.21 bits per heavy atom. The zero-order valence-electron chi connectivity index (χ0n) is 10.8. The summed E-state index contributed by atoms with van der Waals surface area (Å²) < 4.78 is 4.96. The van der Waals surface area contributed by atoms with E-state index in [2.05, 4.69) is 0 Å². The number of nitrogens with zero attached hydrogens (tertiary/aromatic N) is 1. The fourth-order valence-electron chi connectivity index (χ4n) is 1.68. The first-order chi connectivity index (χ1) is 9.10. The highest BCUT2D eigenvalue weighted by Crippen LogP contribution is 2.18. The lowest BCUT2D eigenvalue weighted by Gasteiger charge is -2.14. The van der Waals surface area contributed by atoms with Gasteiger partial charge in [-0.1, -0.05) is 17.7 Å². The molecule has 98 valence electrons. The topological polar surface area (TPSA) is 49.8 Å². The molecule has 0 radical (unpaired) electrons. The standard InChI is InChI=1S/C15H15NO3/c1-11-3-6-13(7-4-11)16(18)10-12-5-8-14(17)15(9-12)19-2/h3-10,18H,1-2H3. The van der Waals surface area contributed by atoms with Gasteiger partial charge in [0.15, 0.2) is 5.76 Å². The molecule has 1 aliphatic carbocycles. The van der Waals surface area contributed by atoms with E-state index in [0.717, 1.165) is 10.6 Å². The molecule has 2 rings (SSSR count). The van der Waals surface area contributed by atoms with Crippen molar-refractivity contribution in [1.29, 1.82) is 0 Å². The van der Waals surface area contributed by atoms with Gasteiger partial charge in [-0.15, -0.1) is 0 Å². The monoisotopic (exact) mass is 257 g/mol. The summed E-state index contributed by atoms with van der Waals surface area (Å²) in [6, 6.07) is 7.44. The average Bonchev–Trinajstić information content (AvgIpc) is 2.41. The molecule has 4 nitrogen and oxygen atoms in total. The van der Waals surface area contributed by atoms with Gasteiger partial charge in [0.2, 0.25) is 5.78 Å². The number of ether oxygens (including phenoxy) is 1. The van der Waals surface area contributed by atoms with Crippen LogP contribution >= 0.6 is 0 Å².